The summed E-state index contributed by atoms with van der Waals surface area (Å²) in [7, 11) is 0. The number of aromatic amines is 1. The lowest BCUT2D eigenvalue weighted by molar-refractivity contribution is -0.137. The molecule has 0 radical (unpaired) electrons. The van der Waals surface area contributed by atoms with Crippen molar-refractivity contribution in [2.24, 2.45) is 0 Å². The maximum atomic E-state index is 12.8. The lowest BCUT2D eigenvalue weighted by Crippen LogP contribution is -2.05. The van der Waals surface area contributed by atoms with Crippen molar-refractivity contribution in [1.82, 2.24) is 4.98 Å². The molecule has 140 valence electrons. The van der Waals surface area contributed by atoms with E-state index in [2.05, 4.69) is 4.98 Å². The number of carbonyl (C=O) groups is 1. The van der Waals surface area contributed by atoms with Crippen LogP contribution in [-0.2, 0) is 10.9 Å². The average molecular weight is 374 g/mol. The van der Waals surface area contributed by atoms with E-state index in [0.717, 1.165) is 12.1 Å². The highest BCUT2D eigenvalue weighted by molar-refractivity contribution is 6.02. The molecule has 0 aliphatic carbocycles. The molecule has 2 aromatic carbocycles. The average Bonchev–Trinajstić information content (AvgIpc) is 3.07. The Morgan fingerprint density at radius 3 is 2.19 bits per heavy atom. The third-order valence-corrected chi connectivity index (χ3v) is 4.08. The number of nitrogens with two attached hydrogens (primary N) is 1. The molecule has 0 amide bonds. The Labute approximate surface area is 153 Å². The van der Waals surface area contributed by atoms with Gasteiger partial charge in [-0.05, 0) is 42.3 Å². The molecule has 0 fully saturated rings. The van der Waals surface area contributed by atoms with E-state index in [1.807, 2.05) is 0 Å². The van der Waals surface area contributed by atoms with Crippen LogP contribution in [-0.4, -0.2) is 17.6 Å². The summed E-state index contributed by atoms with van der Waals surface area (Å²) in [6.45, 7) is 1.91. The number of carbonyl (C=O) groups excluding carboxylic acids is 1. The molecule has 1 aromatic heterocycles. The minimum absolute atomic E-state index is 0.209. The van der Waals surface area contributed by atoms with Crippen LogP contribution in [0.1, 0.15) is 22.8 Å². The van der Waals surface area contributed by atoms with Gasteiger partial charge in [-0.15, -0.1) is 0 Å². The summed E-state index contributed by atoms with van der Waals surface area (Å²) in [5.41, 5.74) is 8.14. The molecule has 0 saturated carbocycles. The van der Waals surface area contributed by atoms with Crippen molar-refractivity contribution >= 4 is 11.7 Å². The molecular formula is C20H17F3N2O2. The second kappa shape index (κ2) is 7.19. The number of hydrogen-bond acceptors (Lipinski definition) is 3. The van der Waals surface area contributed by atoms with Gasteiger partial charge in [0.15, 0.2) is 0 Å². The van der Waals surface area contributed by atoms with Gasteiger partial charge in [-0.3, -0.25) is 0 Å². The van der Waals surface area contributed by atoms with Gasteiger partial charge in [-0.25, -0.2) is 4.79 Å². The number of rotatable bonds is 4. The zero-order valence-electron chi connectivity index (χ0n) is 14.4. The molecule has 3 N–H and O–H groups in total. The zero-order chi connectivity index (χ0) is 19.6. The van der Waals surface area contributed by atoms with E-state index in [0.29, 0.717) is 33.6 Å². The van der Waals surface area contributed by atoms with Crippen molar-refractivity contribution in [2.75, 3.05) is 12.3 Å². The first kappa shape index (κ1) is 18.6. The number of hydrogen-bond donors (Lipinski definition) is 2. The fraction of sp³-hybridized carbons (Fsp3) is 0.150. The highest BCUT2D eigenvalue weighted by atomic mass is 19.4. The van der Waals surface area contributed by atoms with E-state index in [1.165, 1.54) is 18.3 Å². The topological polar surface area (TPSA) is 68.1 Å². The molecule has 0 bridgehead atoms. The van der Waals surface area contributed by atoms with Gasteiger partial charge in [0.1, 0.15) is 0 Å². The Hall–Kier alpha value is -3.22. The van der Waals surface area contributed by atoms with Gasteiger partial charge in [-0.2, -0.15) is 13.2 Å². The van der Waals surface area contributed by atoms with Gasteiger partial charge in [-0.1, -0.05) is 24.3 Å². The van der Waals surface area contributed by atoms with Crippen molar-refractivity contribution in [2.45, 2.75) is 13.1 Å². The first-order valence-corrected chi connectivity index (χ1v) is 8.23. The number of alkyl halides is 3. The molecule has 3 rings (SSSR count). The summed E-state index contributed by atoms with van der Waals surface area (Å²) in [6.07, 6.45) is -2.92. The summed E-state index contributed by atoms with van der Waals surface area (Å²) in [6, 6.07) is 11.6. The highest BCUT2D eigenvalue weighted by Crippen LogP contribution is 2.37. The van der Waals surface area contributed by atoms with Crippen LogP contribution in [0, 0.1) is 0 Å². The van der Waals surface area contributed by atoms with Crippen LogP contribution in [0.15, 0.2) is 54.7 Å². The van der Waals surface area contributed by atoms with Gasteiger partial charge in [0.05, 0.1) is 23.4 Å². The number of ether oxygens (including phenoxy) is 1. The molecule has 0 spiro atoms. The quantitative estimate of drug-likeness (QED) is 0.492. The fourth-order valence-electron chi connectivity index (χ4n) is 2.80. The Balaban J connectivity index is 2.13. The third-order valence-electron chi connectivity index (χ3n) is 4.08. The highest BCUT2D eigenvalue weighted by Gasteiger charge is 2.30. The predicted molar refractivity (Wildman–Crippen MR) is 97.0 cm³/mol. The van der Waals surface area contributed by atoms with E-state index in [-0.39, 0.29) is 6.61 Å². The monoisotopic (exact) mass is 374 g/mol. The molecule has 0 saturated heterocycles. The Morgan fingerprint density at radius 2 is 1.63 bits per heavy atom. The normalized spacial score (nSPS) is 11.4. The number of benzene rings is 2. The lowest BCUT2D eigenvalue weighted by Gasteiger charge is -2.10. The van der Waals surface area contributed by atoms with Gasteiger partial charge in [0, 0.05) is 17.4 Å². The number of esters is 1. The fourth-order valence-corrected chi connectivity index (χ4v) is 2.80. The van der Waals surface area contributed by atoms with Crippen molar-refractivity contribution in [3.05, 3.63) is 65.9 Å². The smallest absolute Gasteiger partial charge is 0.416 e. The molecular weight excluding hydrogens is 357 g/mol. The van der Waals surface area contributed by atoms with E-state index >= 15 is 0 Å². The van der Waals surface area contributed by atoms with E-state index in [9.17, 15) is 18.0 Å². The largest absolute Gasteiger partial charge is 0.462 e. The van der Waals surface area contributed by atoms with Crippen LogP contribution in [0.25, 0.3) is 22.4 Å². The van der Waals surface area contributed by atoms with Crippen LogP contribution in [0.3, 0.4) is 0 Å². The molecule has 0 unspecified atom stereocenters. The summed E-state index contributed by atoms with van der Waals surface area (Å²) >= 11 is 0. The number of anilines is 1. The number of H-pyrrole nitrogens is 1. The van der Waals surface area contributed by atoms with Gasteiger partial charge in [0.2, 0.25) is 0 Å². The molecule has 1 heterocycles. The van der Waals surface area contributed by atoms with E-state index < -0.39 is 17.7 Å². The summed E-state index contributed by atoms with van der Waals surface area (Å²) in [5.74, 6) is -0.515. The van der Waals surface area contributed by atoms with Crippen molar-refractivity contribution in [3.8, 4) is 22.4 Å². The van der Waals surface area contributed by atoms with Gasteiger partial charge < -0.3 is 15.5 Å². The Bertz CT molecular complexity index is 943. The summed E-state index contributed by atoms with van der Waals surface area (Å²) in [4.78, 5) is 15.3. The van der Waals surface area contributed by atoms with Crippen molar-refractivity contribution in [3.63, 3.8) is 0 Å². The summed E-state index contributed by atoms with van der Waals surface area (Å²) < 4.78 is 43.5. The minimum atomic E-state index is -4.41. The predicted octanol–water partition coefficient (Wildman–Crippen LogP) is 5.13. The number of aromatic nitrogens is 1. The Morgan fingerprint density at radius 1 is 1.04 bits per heavy atom. The molecule has 7 heteroatoms. The maximum Gasteiger partial charge on any atom is 0.416 e. The second-order valence-electron chi connectivity index (χ2n) is 5.87. The van der Waals surface area contributed by atoms with Crippen LogP contribution in [0.4, 0.5) is 18.9 Å². The SMILES string of the molecule is CCOC(=O)c1c[nH]c(-c2ccc(C(F)(F)F)cc2)c1-c1ccc(N)cc1. The molecule has 0 aliphatic rings. The summed E-state index contributed by atoms with van der Waals surface area (Å²) in [5, 5.41) is 0. The van der Waals surface area contributed by atoms with Crippen LogP contribution in [0.2, 0.25) is 0 Å². The number of nitrogens with one attached hydrogen (secondary N) is 1. The molecule has 27 heavy (non-hydrogen) atoms. The molecule has 4 nitrogen and oxygen atoms in total. The minimum Gasteiger partial charge on any atom is -0.462 e. The van der Waals surface area contributed by atoms with Gasteiger partial charge in [0.25, 0.3) is 0 Å². The second-order valence-corrected chi connectivity index (χ2v) is 5.87. The first-order valence-electron chi connectivity index (χ1n) is 8.23. The van der Waals surface area contributed by atoms with E-state index in [1.54, 1.807) is 31.2 Å². The first-order chi connectivity index (χ1) is 12.8. The van der Waals surface area contributed by atoms with Crippen molar-refractivity contribution in [1.29, 1.82) is 0 Å². The lowest BCUT2D eigenvalue weighted by atomic mass is 9.97. The van der Waals surface area contributed by atoms with Crippen molar-refractivity contribution < 1.29 is 22.7 Å². The Kier molecular flexibility index (Phi) is 4.94. The zero-order valence-corrected chi connectivity index (χ0v) is 14.4. The number of halogens is 3. The molecule has 0 aliphatic heterocycles. The van der Waals surface area contributed by atoms with Crippen LogP contribution < -0.4 is 5.73 Å². The van der Waals surface area contributed by atoms with Crippen LogP contribution >= 0.6 is 0 Å². The van der Waals surface area contributed by atoms with Gasteiger partial charge >= 0.3 is 12.1 Å². The molecule has 0 atom stereocenters. The molecule has 3 aromatic rings. The van der Waals surface area contributed by atoms with Crippen LogP contribution in [0.5, 0.6) is 0 Å². The third kappa shape index (κ3) is 3.81. The van der Waals surface area contributed by atoms with E-state index in [4.69, 9.17) is 10.5 Å². The standard InChI is InChI=1S/C20H17F3N2O2/c1-2-27-19(26)16-11-25-18(17(16)12-5-9-15(24)10-6-12)13-3-7-14(8-4-13)20(21,22)23/h3-11,25H,2,24H2,1H3. The number of nitrogen functional groups attached to an aromatic ring is 1. The maximum absolute atomic E-state index is 12.8.